The molecule has 3 nitrogen and oxygen atoms in total. The molecule has 0 unspecified atom stereocenters. The molecule has 3 fully saturated rings. The van der Waals surface area contributed by atoms with Crippen LogP contribution in [0.5, 0.6) is 0 Å². The quantitative estimate of drug-likeness (QED) is 0.652. The van der Waals surface area contributed by atoms with Crippen molar-refractivity contribution < 1.29 is 4.74 Å². The van der Waals surface area contributed by atoms with Gasteiger partial charge in [0.2, 0.25) is 0 Å². The summed E-state index contributed by atoms with van der Waals surface area (Å²) in [6.45, 7) is 9.27. The Labute approximate surface area is 157 Å². The predicted octanol–water partition coefficient (Wildman–Crippen LogP) is 3.91. The van der Waals surface area contributed by atoms with E-state index in [-0.39, 0.29) is 0 Å². The van der Waals surface area contributed by atoms with E-state index in [4.69, 9.17) is 16.3 Å². The van der Waals surface area contributed by atoms with Crippen LogP contribution in [-0.2, 0) is 11.3 Å². The standard InChI is InChI=1S/C21H31ClN2O/c22-18-7-4-6-17(12-18)13-24-14-19-20(15-24)21(19)16-25-11-5-10-23-8-2-1-3-9-23/h4,6-7,12,19-21H,1-3,5,8-11,13-16H2/t19-,20+,21-. The maximum Gasteiger partial charge on any atom is 0.0500 e. The summed E-state index contributed by atoms with van der Waals surface area (Å²) in [5.74, 6) is 2.58. The van der Waals surface area contributed by atoms with E-state index in [1.807, 2.05) is 6.07 Å². The van der Waals surface area contributed by atoms with Crippen molar-refractivity contribution in [2.45, 2.75) is 32.2 Å². The smallest absolute Gasteiger partial charge is 0.0500 e. The normalized spacial score (nSPS) is 29.7. The molecular formula is C21H31ClN2O. The molecule has 0 amide bonds. The van der Waals surface area contributed by atoms with Gasteiger partial charge < -0.3 is 9.64 Å². The molecule has 0 N–H and O–H groups in total. The Kier molecular flexibility index (Phi) is 5.97. The molecule has 1 aromatic rings. The van der Waals surface area contributed by atoms with Gasteiger partial charge in [0.1, 0.15) is 0 Å². The third-order valence-corrected chi connectivity index (χ3v) is 6.50. The second kappa shape index (κ2) is 8.39. The average molecular weight is 363 g/mol. The molecule has 0 spiro atoms. The van der Waals surface area contributed by atoms with E-state index in [2.05, 4.69) is 28.0 Å². The molecule has 138 valence electrons. The Hall–Kier alpha value is -0.610. The molecule has 0 radical (unpaired) electrons. The van der Waals surface area contributed by atoms with E-state index >= 15 is 0 Å². The average Bonchev–Trinajstić information content (AvgIpc) is 3.07. The van der Waals surface area contributed by atoms with Gasteiger partial charge in [-0.3, -0.25) is 4.90 Å². The predicted molar refractivity (Wildman–Crippen MR) is 103 cm³/mol. The fourth-order valence-corrected chi connectivity index (χ4v) is 5.01. The molecule has 1 aromatic carbocycles. The van der Waals surface area contributed by atoms with Crippen molar-refractivity contribution in [1.29, 1.82) is 0 Å². The van der Waals surface area contributed by atoms with Crippen LogP contribution >= 0.6 is 11.6 Å². The molecule has 3 atom stereocenters. The molecule has 4 heteroatoms. The maximum absolute atomic E-state index is 6.09. The minimum Gasteiger partial charge on any atom is -0.381 e. The van der Waals surface area contributed by atoms with Gasteiger partial charge in [0.25, 0.3) is 0 Å². The summed E-state index contributed by atoms with van der Waals surface area (Å²) in [5, 5.41) is 0.845. The van der Waals surface area contributed by atoms with Crippen LogP contribution in [-0.4, -0.2) is 55.7 Å². The minimum absolute atomic E-state index is 0.825. The van der Waals surface area contributed by atoms with E-state index in [0.717, 1.165) is 42.5 Å². The number of fused-ring (bicyclic) bond motifs is 1. The molecule has 0 aromatic heterocycles. The first kappa shape index (κ1) is 17.8. The van der Waals surface area contributed by atoms with Gasteiger partial charge in [0, 0.05) is 37.8 Å². The molecule has 2 saturated heterocycles. The lowest BCUT2D eigenvalue weighted by molar-refractivity contribution is 0.0967. The summed E-state index contributed by atoms with van der Waals surface area (Å²) in [4.78, 5) is 5.18. The molecule has 1 saturated carbocycles. The highest BCUT2D eigenvalue weighted by Gasteiger charge is 2.55. The number of piperidine rings is 2. The highest BCUT2D eigenvalue weighted by Crippen LogP contribution is 2.52. The highest BCUT2D eigenvalue weighted by molar-refractivity contribution is 6.30. The van der Waals surface area contributed by atoms with Crippen molar-refractivity contribution in [3.63, 3.8) is 0 Å². The Bertz CT molecular complexity index is 549. The Morgan fingerprint density at radius 2 is 1.84 bits per heavy atom. The van der Waals surface area contributed by atoms with Gasteiger partial charge >= 0.3 is 0 Å². The van der Waals surface area contributed by atoms with Crippen LogP contribution in [0.25, 0.3) is 0 Å². The number of halogens is 1. The summed E-state index contributed by atoms with van der Waals surface area (Å²) in [6, 6.07) is 8.27. The molecule has 4 rings (SSSR count). The van der Waals surface area contributed by atoms with Crippen LogP contribution in [0, 0.1) is 17.8 Å². The SMILES string of the molecule is Clc1cccc(CN2C[C@@H]3[C@H](COCCCN4CCCCC4)[C@@H]3C2)c1. The van der Waals surface area contributed by atoms with Gasteiger partial charge in [-0.05, 0) is 67.8 Å². The highest BCUT2D eigenvalue weighted by atomic mass is 35.5. The largest absolute Gasteiger partial charge is 0.381 e. The minimum atomic E-state index is 0.825. The lowest BCUT2D eigenvalue weighted by Crippen LogP contribution is -2.31. The number of nitrogens with zero attached hydrogens (tertiary/aromatic N) is 2. The van der Waals surface area contributed by atoms with Gasteiger partial charge in [0.15, 0.2) is 0 Å². The van der Waals surface area contributed by atoms with Crippen molar-refractivity contribution in [1.82, 2.24) is 9.80 Å². The van der Waals surface area contributed by atoms with Crippen molar-refractivity contribution in [2.24, 2.45) is 17.8 Å². The van der Waals surface area contributed by atoms with Gasteiger partial charge in [-0.15, -0.1) is 0 Å². The van der Waals surface area contributed by atoms with E-state index < -0.39 is 0 Å². The molecular weight excluding hydrogens is 332 g/mol. The van der Waals surface area contributed by atoms with Gasteiger partial charge in [0.05, 0.1) is 6.61 Å². The number of ether oxygens (including phenoxy) is 1. The lowest BCUT2D eigenvalue weighted by atomic mass is 10.1. The molecule has 3 aliphatic rings. The summed E-state index contributed by atoms with van der Waals surface area (Å²) < 4.78 is 5.99. The Morgan fingerprint density at radius 3 is 2.60 bits per heavy atom. The number of benzene rings is 1. The second-order valence-corrected chi connectivity index (χ2v) is 8.58. The Balaban J connectivity index is 1.08. The maximum atomic E-state index is 6.09. The second-order valence-electron chi connectivity index (χ2n) is 8.15. The number of hydrogen-bond donors (Lipinski definition) is 0. The molecule has 25 heavy (non-hydrogen) atoms. The molecule has 2 heterocycles. The monoisotopic (exact) mass is 362 g/mol. The molecule has 0 bridgehead atoms. The zero-order chi connectivity index (χ0) is 17.1. The summed E-state index contributed by atoms with van der Waals surface area (Å²) in [5.41, 5.74) is 1.33. The first-order valence-corrected chi connectivity index (χ1v) is 10.4. The zero-order valence-corrected chi connectivity index (χ0v) is 16.0. The zero-order valence-electron chi connectivity index (χ0n) is 15.2. The van der Waals surface area contributed by atoms with E-state index in [1.54, 1.807) is 0 Å². The fraction of sp³-hybridized carbons (Fsp3) is 0.714. The summed E-state index contributed by atoms with van der Waals surface area (Å²) in [6.07, 6.45) is 5.39. The third-order valence-electron chi connectivity index (χ3n) is 6.26. The van der Waals surface area contributed by atoms with Crippen LogP contribution in [0.2, 0.25) is 5.02 Å². The summed E-state index contributed by atoms with van der Waals surface area (Å²) in [7, 11) is 0. The summed E-state index contributed by atoms with van der Waals surface area (Å²) >= 11 is 6.09. The Morgan fingerprint density at radius 1 is 1.04 bits per heavy atom. The van der Waals surface area contributed by atoms with Crippen LogP contribution < -0.4 is 0 Å². The van der Waals surface area contributed by atoms with E-state index in [1.165, 1.54) is 64.0 Å². The number of likely N-dealkylation sites (tertiary alicyclic amines) is 2. The van der Waals surface area contributed by atoms with Crippen LogP contribution in [0.4, 0.5) is 0 Å². The fourth-order valence-electron chi connectivity index (χ4n) is 4.80. The third kappa shape index (κ3) is 4.77. The molecule has 1 aliphatic carbocycles. The van der Waals surface area contributed by atoms with Gasteiger partial charge in [-0.1, -0.05) is 30.2 Å². The van der Waals surface area contributed by atoms with Crippen LogP contribution in [0.3, 0.4) is 0 Å². The lowest BCUT2D eigenvalue weighted by Gasteiger charge is -2.26. The van der Waals surface area contributed by atoms with Gasteiger partial charge in [-0.25, -0.2) is 0 Å². The molecule has 2 aliphatic heterocycles. The van der Waals surface area contributed by atoms with Gasteiger partial charge in [-0.2, -0.15) is 0 Å². The van der Waals surface area contributed by atoms with Crippen molar-refractivity contribution >= 4 is 11.6 Å². The van der Waals surface area contributed by atoms with Crippen molar-refractivity contribution in [3.8, 4) is 0 Å². The first-order chi connectivity index (χ1) is 12.3. The van der Waals surface area contributed by atoms with Crippen molar-refractivity contribution in [2.75, 3.05) is 45.9 Å². The van der Waals surface area contributed by atoms with Crippen LogP contribution in [0.15, 0.2) is 24.3 Å². The number of hydrogen-bond acceptors (Lipinski definition) is 3. The van der Waals surface area contributed by atoms with E-state index in [0.29, 0.717) is 0 Å². The van der Waals surface area contributed by atoms with Crippen molar-refractivity contribution in [3.05, 3.63) is 34.9 Å². The first-order valence-electron chi connectivity index (χ1n) is 10.1. The topological polar surface area (TPSA) is 15.7 Å². The van der Waals surface area contributed by atoms with Crippen LogP contribution in [0.1, 0.15) is 31.2 Å². The number of rotatable bonds is 8. The van der Waals surface area contributed by atoms with E-state index in [9.17, 15) is 0 Å².